The largest absolute Gasteiger partial charge is 0.462 e. The van der Waals surface area contributed by atoms with E-state index in [0.717, 1.165) is 5.57 Å². The van der Waals surface area contributed by atoms with E-state index < -0.39 is 30.2 Å². The SMILES string of the molecule is CC(C)C(=O)OC1CC2=C(C(C)(C)OCC(O)(C(F)(F)F)C(F)(F)F)CC1C2. The lowest BCUT2D eigenvalue weighted by atomic mass is 9.86. The summed E-state index contributed by atoms with van der Waals surface area (Å²) < 4.78 is 87.4. The number of fused-ring (bicyclic) bond motifs is 2. The summed E-state index contributed by atoms with van der Waals surface area (Å²) in [5.41, 5.74) is -4.96. The minimum atomic E-state index is -5.93. The van der Waals surface area contributed by atoms with Gasteiger partial charge in [0.1, 0.15) is 6.10 Å². The van der Waals surface area contributed by atoms with Crippen LogP contribution in [0.4, 0.5) is 26.3 Å². The highest BCUT2D eigenvalue weighted by Gasteiger charge is 2.71. The van der Waals surface area contributed by atoms with Crippen LogP contribution in [0.15, 0.2) is 11.1 Å². The van der Waals surface area contributed by atoms with E-state index in [0.29, 0.717) is 24.8 Å². The molecule has 0 aromatic rings. The Kier molecular flexibility index (Phi) is 5.91. The zero-order chi connectivity index (χ0) is 21.7. The predicted molar refractivity (Wildman–Crippen MR) is 86.2 cm³/mol. The Morgan fingerprint density at radius 2 is 1.61 bits per heavy atom. The molecule has 1 fully saturated rings. The molecule has 2 unspecified atom stereocenters. The Morgan fingerprint density at radius 1 is 1.07 bits per heavy atom. The third kappa shape index (κ3) is 4.17. The summed E-state index contributed by atoms with van der Waals surface area (Å²) in [6.07, 6.45) is -10.9. The molecular weight excluding hydrogens is 394 g/mol. The second-order valence-corrected chi connectivity index (χ2v) is 8.24. The van der Waals surface area contributed by atoms with Crippen molar-refractivity contribution in [1.82, 2.24) is 0 Å². The summed E-state index contributed by atoms with van der Waals surface area (Å²) in [6.45, 7) is 4.18. The molecule has 2 aliphatic rings. The third-order valence-electron chi connectivity index (χ3n) is 5.42. The smallest absolute Gasteiger partial charge is 0.428 e. The van der Waals surface area contributed by atoms with Gasteiger partial charge in [-0.3, -0.25) is 4.79 Å². The van der Waals surface area contributed by atoms with E-state index >= 15 is 0 Å². The van der Waals surface area contributed by atoms with Gasteiger partial charge in [0, 0.05) is 12.3 Å². The van der Waals surface area contributed by atoms with Crippen LogP contribution in [0.25, 0.3) is 0 Å². The number of esters is 1. The minimum absolute atomic E-state index is 0.0697. The molecule has 0 aromatic heterocycles. The van der Waals surface area contributed by atoms with Gasteiger partial charge in [-0.15, -0.1) is 0 Å². The van der Waals surface area contributed by atoms with Crippen molar-refractivity contribution < 1.29 is 45.7 Å². The summed E-state index contributed by atoms with van der Waals surface area (Å²) in [5.74, 6) is -0.718. The molecule has 1 N–H and O–H groups in total. The van der Waals surface area contributed by atoms with E-state index in [1.54, 1.807) is 13.8 Å². The van der Waals surface area contributed by atoms with Crippen molar-refractivity contribution >= 4 is 5.97 Å². The van der Waals surface area contributed by atoms with E-state index in [1.807, 2.05) is 0 Å². The molecule has 1 saturated carbocycles. The molecule has 0 aromatic carbocycles. The fraction of sp³-hybridized carbons (Fsp3) is 0.833. The highest BCUT2D eigenvalue weighted by atomic mass is 19.4. The van der Waals surface area contributed by atoms with Gasteiger partial charge in [0.15, 0.2) is 0 Å². The van der Waals surface area contributed by atoms with Gasteiger partial charge < -0.3 is 14.6 Å². The molecule has 0 heterocycles. The average Bonchev–Trinajstić information content (AvgIpc) is 3.10. The summed E-state index contributed by atoms with van der Waals surface area (Å²) in [7, 11) is 0. The first-order chi connectivity index (χ1) is 12.5. The fourth-order valence-electron chi connectivity index (χ4n) is 3.59. The van der Waals surface area contributed by atoms with Gasteiger partial charge in [0.2, 0.25) is 0 Å². The highest BCUT2D eigenvalue weighted by molar-refractivity contribution is 5.71. The zero-order valence-corrected chi connectivity index (χ0v) is 16.0. The summed E-state index contributed by atoms with van der Waals surface area (Å²) in [6, 6.07) is 0. The molecule has 10 heteroatoms. The van der Waals surface area contributed by atoms with Gasteiger partial charge in [-0.2, -0.15) is 26.3 Å². The maximum absolute atomic E-state index is 12.8. The minimum Gasteiger partial charge on any atom is -0.462 e. The lowest BCUT2D eigenvalue weighted by Gasteiger charge is -2.37. The standard InChI is InChI=1S/C18H24F6O4/c1-9(2)14(25)28-13-7-10-5-11(13)6-12(10)15(3,4)27-8-16(26,17(19,20)21)18(22,23)24/h9,11,13,26H,5-8H2,1-4H3. The Balaban J connectivity index is 2.11. The second kappa shape index (κ2) is 7.19. The molecule has 4 nitrogen and oxygen atoms in total. The number of halogens is 6. The first-order valence-electron chi connectivity index (χ1n) is 8.91. The number of hydrogen-bond donors (Lipinski definition) is 1. The van der Waals surface area contributed by atoms with Gasteiger partial charge in [-0.1, -0.05) is 19.4 Å². The number of ether oxygens (including phenoxy) is 2. The molecular formula is C18H24F6O4. The topological polar surface area (TPSA) is 55.8 Å². The van der Waals surface area contributed by atoms with Crippen LogP contribution >= 0.6 is 0 Å². The van der Waals surface area contributed by atoms with Crippen LogP contribution < -0.4 is 0 Å². The van der Waals surface area contributed by atoms with Crippen LogP contribution in [0.3, 0.4) is 0 Å². The van der Waals surface area contributed by atoms with Gasteiger partial charge in [-0.25, -0.2) is 0 Å². The van der Waals surface area contributed by atoms with Crippen LogP contribution in [-0.4, -0.2) is 47.3 Å². The Bertz CT molecular complexity index is 633. The molecule has 2 rings (SSSR count). The van der Waals surface area contributed by atoms with E-state index in [9.17, 15) is 36.2 Å². The highest BCUT2D eigenvalue weighted by Crippen LogP contribution is 2.51. The predicted octanol–water partition coefficient (Wildman–Crippen LogP) is 4.32. The van der Waals surface area contributed by atoms with Gasteiger partial charge in [0.25, 0.3) is 5.60 Å². The fourth-order valence-corrected chi connectivity index (χ4v) is 3.59. The van der Waals surface area contributed by atoms with Crippen LogP contribution in [0.2, 0.25) is 0 Å². The molecule has 0 radical (unpaired) electrons. The van der Waals surface area contributed by atoms with E-state index in [2.05, 4.69) is 0 Å². The lowest BCUT2D eigenvalue weighted by molar-refractivity contribution is -0.381. The Hall–Kier alpha value is -1.29. The van der Waals surface area contributed by atoms with Crippen LogP contribution in [0.5, 0.6) is 0 Å². The zero-order valence-electron chi connectivity index (χ0n) is 16.0. The van der Waals surface area contributed by atoms with Crippen molar-refractivity contribution in [3.05, 3.63) is 11.1 Å². The molecule has 0 saturated heterocycles. The molecule has 0 spiro atoms. The van der Waals surface area contributed by atoms with E-state index in [-0.39, 0.29) is 23.9 Å². The van der Waals surface area contributed by atoms with Crippen LogP contribution in [-0.2, 0) is 14.3 Å². The molecule has 162 valence electrons. The maximum atomic E-state index is 12.8. The average molecular weight is 418 g/mol. The third-order valence-corrected chi connectivity index (χ3v) is 5.42. The van der Waals surface area contributed by atoms with Crippen molar-refractivity contribution in [3.63, 3.8) is 0 Å². The molecule has 2 bridgehead atoms. The first-order valence-corrected chi connectivity index (χ1v) is 8.91. The van der Waals surface area contributed by atoms with Crippen molar-refractivity contribution in [2.24, 2.45) is 11.8 Å². The number of rotatable bonds is 6. The second-order valence-electron chi connectivity index (χ2n) is 8.24. The van der Waals surface area contributed by atoms with Crippen molar-refractivity contribution in [2.45, 2.75) is 76.6 Å². The summed E-state index contributed by atoms with van der Waals surface area (Å²) >= 11 is 0. The lowest BCUT2D eigenvalue weighted by Crippen LogP contribution is -2.60. The number of aliphatic hydroxyl groups is 1. The number of alkyl halides is 6. The van der Waals surface area contributed by atoms with E-state index in [4.69, 9.17) is 9.47 Å². The Morgan fingerprint density at radius 3 is 2.00 bits per heavy atom. The molecule has 28 heavy (non-hydrogen) atoms. The molecule has 0 amide bonds. The number of carbonyl (C=O) groups is 1. The quantitative estimate of drug-likeness (QED) is 0.397. The molecule has 2 aliphatic carbocycles. The molecule has 2 atom stereocenters. The summed E-state index contributed by atoms with van der Waals surface area (Å²) in [4.78, 5) is 11.8. The van der Waals surface area contributed by atoms with Crippen LogP contribution in [0, 0.1) is 11.8 Å². The van der Waals surface area contributed by atoms with Crippen molar-refractivity contribution in [2.75, 3.05) is 6.61 Å². The van der Waals surface area contributed by atoms with Crippen LogP contribution in [0.1, 0.15) is 47.0 Å². The normalized spacial score (nSPS) is 23.7. The van der Waals surface area contributed by atoms with Crippen molar-refractivity contribution in [1.29, 1.82) is 0 Å². The van der Waals surface area contributed by atoms with Gasteiger partial charge in [-0.05, 0) is 32.3 Å². The van der Waals surface area contributed by atoms with Crippen molar-refractivity contribution in [3.8, 4) is 0 Å². The maximum Gasteiger partial charge on any atom is 0.428 e. The number of carbonyl (C=O) groups excluding carboxylic acids is 1. The van der Waals surface area contributed by atoms with Gasteiger partial charge in [0.05, 0.1) is 18.1 Å². The molecule has 0 aliphatic heterocycles. The monoisotopic (exact) mass is 418 g/mol. The van der Waals surface area contributed by atoms with Gasteiger partial charge >= 0.3 is 18.3 Å². The summed E-state index contributed by atoms with van der Waals surface area (Å²) in [5, 5.41) is 9.27. The van der Waals surface area contributed by atoms with E-state index in [1.165, 1.54) is 13.8 Å². The first kappa shape index (κ1) is 23.0. The number of hydrogen-bond acceptors (Lipinski definition) is 4. The Labute approximate surface area is 158 Å².